The summed E-state index contributed by atoms with van der Waals surface area (Å²) in [5.74, 6) is 0.974. The molecule has 0 aromatic carbocycles. The number of nitrogens with two attached hydrogens (primary N) is 1. The number of nitrogens with zero attached hydrogens (tertiary/aromatic N) is 1. The van der Waals surface area contributed by atoms with Crippen LogP contribution in [0.5, 0.6) is 0 Å². The van der Waals surface area contributed by atoms with Crippen LogP contribution in [0.3, 0.4) is 0 Å². The largest absolute Gasteiger partial charge is 0.379 e. The Morgan fingerprint density at radius 2 is 1.94 bits per heavy atom. The fourth-order valence-corrected chi connectivity index (χ4v) is 3.58. The topological polar surface area (TPSA) is 38.5 Å². The molecule has 2 aliphatic rings. The minimum Gasteiger partial charge on any atom is -0.379 e. The van der Waals surface area contributed by atoms with Gasteiger partial charge >= 0.3 is 0 Å². The summed E-state index contributed by atoms with van der Waals surface area (Å²) in [6, 6.07) is 0.962. The predicted octanol–water partition coefficient (Wildman–Crippen LogP) is 2.25. The fourth-order valence-electron chi connectivity index (χ4n) is 3.58. The van der Waals surface area contributed by atoms with Crippen LogP contribution < -0.4 is 5.73 Å². The van der Waals surface area contributed by atoms with Crippen LogP contribution in [0.2, 0.25) is 0 Å². The molecule has 0 aromatic heterocycles. The van der Waals surface area contributed by atoms with Gasteiger partial charge in [0.2, 0.25) is 0 Å². The molecule has 0 radical (unpaired) electrons. The van der Waals surface area contributed by atoms with E-state index >= 15 is 0 Å². The highest BCUT2D eigenvalue weighted by atomic mass is 16.5. The molecule has 3 nitrogen and oxygen atoms in total. The van der Waals surface area contributed by atoms with E-state index in [1.54, 1.807) is 0 Å². The average molecular weight is 254 g/mol. The van der Waals surface area contributed by atoms with Crippen molar-refractivity contribution in [2.24, 2.45) is 17.1 Å². The van der Waals surface area contributed by atoms with Gasteiger partial charge in [-0.15, -0.1) is 0 Å². The van der Waals surface area contributed by atoms with Gasteiger partial charge in [-0.1, -0.05) is 20.3 Å². The summed E-state index contributed by atoms with van der Waals surface area (Å²) in [7, 11) is 2.27. The van der Waals surface area contributed by atoms with Crippen LogP contribution in [-0.2, 0) is 4.74 Å². The van der Waals surface area contributed by atoms with Crippen LogP contribution >= 0.6 is 0 Å². The van der Waals surface area contributed by atoms with E-state index in [0.717, 1.165) is 31.7 Å². The Hall–Kier alpha value is -0.120. The van der Waals surface area contributed by atoms with Crippen molar-refractivity contribution in [2.75, 3.05) is 26.8 Å². The monoisotopic (exact) mass is 254 g/mol. The molecule has 1 heterocycles. The Kier molecular flexibility index (Phi) is 4.68. The van der Waals surface area contributed by atoms with Crippen molar-refractivity contribution >= 4 is 0 Å². The first-order chi connectivity index (χ1) is 8.55. The van der Waals surface area contributed by atoms with Gasteiger partial charge < -0.3 is 15.4 Å². The van der Waals surface area contributed by atoms with Crippen LogP contribution in [0.1, 0.15) is 46.0 Å². The van der Waals surface area contributed by atoms with Gasteiger partial charge in [0.1, 0.15) is 0 Å². The molecule has 1 saturated carbocycles. The Morgan fingerprint density at radius 1 is 1.28 bits per heavy atom. The smallest absolute Gasteiger partial charge is 0.0624 e. The van der Waals surface area contributed by atoms with E-state index in [2.05, 4.69) is 25.8 Å². The van der Waals surface area contributed by atoms with Gasteiger partial charge in [-0.3, -0.25) is 0 Å². The molecular weight excluding hydrogens is 224 g/mol. The van der Waals surface area contributed by atoms with E-state index in [1.807, 2.05) is 0 Å². The number of ether oxygens (including phenoxy) is 1. The van der Waals surface area contributed by atoms with Crippen molar-refractivity contribution < 1.29 is 4.74 Å². The second-order valence-corrected chi connectivity index (χ2v) is 6.77. The maximum atomic E-state index is 6.18. The van der Waals surface area contributed by atoms with E-state index in [-0.39, 0.29) is 11.5 Å². The molecule has 1 aliphatic heterocycles. The zero-order valence-electron chi connectivity index (χ0n) is 12.3. The van der Waals surface area contributed by atoms with Crippen LogP contribution in [0.15, 0.2) is 0 Å². The Morgan fingerprint density at radius 3 is 2.44 bits per heavy atom. The summed E-state index contributed by atoms with van der Waals surface area (Å²) in [5, 5.41) is 0. The molecular formula is C15H30N2O. The summed E-state index contributed by atoms with van der Waals surface area (Å²) in [4.78, 5) is 2.54. The van der Waals surface area contributed by atoms with E-state index in [0.29, 0.717) is 0 Å². The molecule has 2 atom stereocenters. The third kappa shape index (κ3) is 3.06. The van der Waals surface area contributed by atoms with E-state index in [9.17, 15) is 0 Å². The summed E-state index contributed by atoms with van der Waals surface area (Å²) in [6.07, 6.45) is 6.89. The van der Waals surface area contributed by atoms with Gasteiger partial charge in [0.25, 0.3) is 0 Å². The number of hydrogen-bond donors (Lipinski definition) is 1. The lowest BCUT2D eigenvalue weighted by Gasteiger charge is -2.39. The highest BCUT2D eigenvalue weighted by Crippen LogP contribution is 2.33. The SMILES string of the molecule is CCC1CCC(N(C)CC2(C)COCC2N)CC1. The standard InChI is InChI=1S/C15H30N2O/c1-4-12-5-7-13(8-6-12)17(3)10-15(2)11-18-9-14(15)16/h12-14H,4-11,16H2,1-3H3. The molecule has 0 aromatic rings. The van der Waals surface area contributed by atoms with Crippen LogP contribution in [0, 0.1) is 11.3 Å². The zero-order valence-corrected chi connectivity index (χ0v) is 12.3. The van der Waals surface area contributed by atoms with Crippen molar-refractivity contribution in [1.82, 2.24) is 4.90 Å². The van der Waals surface area contributed by atoms with Gasteiger partial charge in [-0.2, -0.15) is 0 Å². The molecule has 3 heteroatoms. The molecule has 0 spiro atoms. The summed E-state index contributed by atoms with van der Waals surface area (Å²) >= 11 is 0. The van der Waals surface area contributed by atoms with Crippen LogP contribution in [0.25, 0.3) is 0 Å². The molecule has 2 unspecified atom stereocenters. The van der Waals surface area contributed by atoms with E-state index in [1.165, 1.54) is 32.1 Å². The van der Waals surface area contributed by atoms with Gasteiger partial charge in [0, 0.05) is 24.0 Å². The first-order valence-corrected chi connectivity index (χ1v) is 7.58. The van der Waals surface area contributed by atoms with Gasteiger partial charge in [0.05, 0.1) is 13.2 Å². The maximum absolute atomic E-state index is 6.18. The second kappa shape index (κ2) is 5.89. The highest BCUT2D eigenvalue weighted by molar-refractivity contribution is 4.93. The summed E-state index contributed by atoms with van der Waals surface area (Å²) in [6.45, 7) is 7.23. The van der Waals surface area contributed by atoms with Crippen molar-refractivity contribution in [3.8, 4) is 0 Å². The van der Waals surface area contributed by atoms with Gasteiger partial charge in [0.15, 0.2) is 0 Å². The number of rotatable bonds is 4. The number of hydrogen-bond acceptors (Lipinski definition) is 3. The molecule has 0 amide bonds. The lowest BCUT2D eigenvalue weighted by atomic mass is 9.81. The summed E-state index contributed by atoms with van der Waals surface area (Å²) in [5.41, 5.74) is 6.33. The van der Waals surface area contributed by atoms with Gasteiger partial charge in [-0.05, 0) is 38.6 Å². The molecule has 2 rings (SSSR count). The Labute approximate surface area is 112 Å². The highest BCUT2D eigenvalue weighted by Gasteiger charge is 2.39. The van der Waals surface area contributed by atoms with Crippen LogP contribution in [-0.4, -0.2) is 43.8 Å². The first kappa shape index (κ1) is 14.3. The zero-order chi connectivity index (χ0) is 13.2. The minimum atomic E-state index is 0.149. The van der Waals surface area contributed by atoms with Crippen molar-refractivity contribution in [3.05, 3.63) is 0 Å². The average Bonchev–Trinajstić information content (AvgIpc) is 2.69. The molecule has 2 N–H and O–H groups in total. The quantitative estimate of drug-likeness (QED) is 0.836. The Balaban J connectivity index is 1.83. The first-order valence-electron chi connectivity index (χ1n) is 7.58. The third-order valence-electron chi connectivity index (χ3n) is 5.25. The lowest BCUT2D eigenvalue weighted by molar-refractivity contribution is 0.0893. The fraction of sp³-hybridized carbons (Fsp3) is 1.00. The van der Waals surface area contributed by atoms with E-state index < -0.39 is 0 Å². The maximum Gasteiger partial charge on any atom is 0.0624 e. The molecule has 1 aliphatic carbocycles. The van der Waals surface area contributed by atoms with Crippen LogP contribution in [0.4, 0.5) is 0 Å². The minimum absolute atomic E-state index is 0.149. The molecule has 0 bridgehead atoms. The normalized spacial score (nSPS) is 41.5. The lowest BCUT2D eigenvalue weighted by Crippen LogP contribution is -2.49. The molecule has 18 heavy (non-hydrogen) atoms. The van der Waals surface area contributed by atoms with E-state index in [4.69, 9.17) is 10.5 Å². The predicted molar refractivity (Wildman–Crippen MR) is 75.6 cm³/mol. The van der Waals surface area contributed by atoms with Crippen molar-refractivity contribution in [3.63, 3.8) is 0 Å². The second-order valence-electron chi connectivity index (χ2n) is 6.77. The molecule has 1 saturated heterocycles. The van der Waals surface area contributed by atoms with Crippen molar-refractivity contribution in [1.29, 1.82) is 0 Å². The molecule has 2 fully saturated rings. The third-order valence-corrected chi connectivity index (χ3v) is 5.25. The van der Waals surface area contributed by atoms with Crippen molar-refractivity contribution in [2.45, 2.75) is 58.0 Å². The van der Waals surface area contributed by atoms with Gasteiger partial charge in [-0.25, -0.2) is 0 Å². The molecule has 106 valence electrons. The summed E-state index contributed by atoms with van der Waals surface area (Å²) < 4.78 is 5.54. The Bertz CT molecular complexity index is 263.